The minimum Gasteiger partial charge on any atom is -0.399 e. The SMILES string of the molecule is Nc1ccc(NC(=O)C23CC(CO)(C2)OC32CCC2)cc1. The number of aliphatic hydroxyl groups excluding tert-OH is 1. The van der Waals surface area contributed by atoms with Crippen LogP contribution in [0.2, 0.25) is 0 Å². The molecule has 21 heavy (non-hydrogen) atoms. The highest BCUT2D eigenvalue weighted by atomic mass is 16.6. The number of nitrogens with two attached hydrogens (primary N) is 1. The van der Waals surface area contributed by atoms with Crippen LogP contribution in [-0.4, -0.2) is 28.8 Å². The quantitative estimate of drug-likeness (QED) is 0.739. The van der Waals surface area contributed by atoms with E-state index in [4.69, 9.17) is 10.5 Å². The highest BCUT2D eigenvalue weighted by molar-refractivity contribution is 5.98. The summed E-state index contributed by atoms with van der Waals surface area (Å²) in [5, 5.41) is 12.6. The lowest BCUT2D eigenvalue weighted by atomic mass is 9.51. The number of amides is 1. The Morgan fingerprint density at radius 2 is 1.95 bits per heavy atom. The fourth-order valence-electron chi connectivity index (χ4n) is 4.36. The van der Waals surface area contributed by atoms with Gasteiger partial charge >= 0.3 is 0 Å². The summed E-state index contributed by atoms with van der Waals surface area (Å²) in [4.78, 5) is 12.8. The smallest absolute Gasteiger partial charge is 0.233 e. The van der Waals surface area contributed by atoms with Gasteiger partial charge in [-0.15, -0.1) is 0 Å². The van der Waals surface area contributed by atoms with Crippen molar-refractivity contribution >= 4 is 17.3 Å². The molecule has 1 amide bonds. The molecule has 5 rings (SSSR count). The minimum atomic E-state index is -0.473. The molecule has 5 nitrogen and oxygen atoms in total. The van der Waals surface area contributed by atoms with E-state index in [1.807, 2.05) is 12.1 Å². The van der Waals surface area contributed by atoms with Crippen LogP contribution in [0.15, 0.2) is 24.3 Å². The third-order valence-corrected chi connectivity index (χ3v) is 5.58. The second-order valence-electron chi connectivity index (χ2n) is 6.80. The molecule has 5 heteroatoms. The molecule has 4 N–H and O–H groups in total. The van der Waals surface area contributed by atoms with Crippen LogP contribution in [0.25, 0.3) is 0 Å². The first-order chi connectivity index (χ1) is 10.0. The number of carbonyl (C=O) groups is 1. The van der Waals surface area contributed by atoms with E-state index in [-0.39, 0.29) is 18.1 Å². The molecule has 1 aromatic rings. The average Bonchev–Trinajstić information content (AvgIpc) is 2.88. The fourth-order valence-corrected chi connectivity index (χ4v) is 4.36. The second kappa shape index (κ2) is 3.99. The first-order valence-electron chi connectivity index (χ1n) is 7.51. The number of anilines is 2. The molecule has 2 aliphatic heterocycles. The molecular weight excluding hydrogens is 268 g/mol. The van der Waals surface area contributed by atoms with E-state index in [0.29, 0.717) is 18.5 Å². The Morgan fingerprint density at radius 1 is 1.29 bits per heavy atom. The number of hydrogen-bond acceptors (Lipinski definition) is 4. The average molecular weight is 288 g/mol. The van der Waals surface area contributed by atoms with Gasteiger partial charge < -0.3 is 20.9 Å². The van der Waals surface area contributed by atoms with Crippen molar-refractivity contribution < 1.29 is 14.6 Å². The molecule has 2 heterocycles. The molecule has 0 radical (unpaired) electrons. The van der Waals surface area contributed by atoms with Crippen molar-refractivity contribution in [1.29, 1.82) is 0 Å². The highest BCUT2D eigenvalue weighted by Crippen LogP contribution is 2.72. The summed E-state index contributed by atoms with van der Waals surface area (Å²) in [7, 11) is 0. The largest absolute Gasteiger partial charge is 0.399 e. The van der Waals surface area contributed by atoms with Crippen LogP contribution in [0.1, 0.15) is 32.1 Å². The maximum Gasteiger partial charge on any atom is 0.233 e. The summed E-state index contributed by atoms with van der Waals surface area (Å²) in [6.07, 6.45) is 4.21. The van der Waals surface area contributed by atoms with Gasteiger partial charge in [0.25, 0.3) is 0 Å². The standard InChI is InChI=1S/C16H20N2O3/c17-11-2-4-12(5-3-11)18-13(20)15-8-14(9-15,10-19)21-16(15)6-1-7-16/h2-5,19H,1,6-10,17H2,(H,18,20). The van der Waals surface area contributed by atoms with Crippen LogP contribution in [0, 0.1) is 5.41 Å². The minimum absolute atomic E-state index is 0.00561. The van der Waals surface area contributed by atoms with Crippen LogP contribution >= 0.6 is 0 Å². The van der Waals surface area contributed by atoms with Gasteiger partial charge in [-0.2, -0.15) is 0 Å². The lowest BCUT2D eigenvalue weighted by Crippen LogP contribution is -2.59. The number of rotatable bonds is 3. The lowest BCUT2D eigenvalue weighted by molar-refractivity contribution is -0.141. The number of benzene rings is 1. The molecule has 1 spiro atoms. The zero-order valence-electron chi connectivity index (χ0n) is 11.9. The van der Waals surface area contributed by atoms with Gasteiger partial charge in [-0.25, -0.2) is 0 Å². The maximum absolute atomic E-state index is 12.8. The third kappa shape index (κ3) is 1.56. The summed E-state index contributed by atoms with van der Waals surface area (Å²) >= 11 is 0. The van der Waals surface area contributed by atoms with Crippen molar-refractivity contribution in [3.8, 4) is 0 Å². The number of ether oxygens (including phenoxy) is 1. The predicted molar refractivity (Wildman–Crippen MR) is 78.6 cm³/mol. The van der Waals surface area contributed by atoms with Gasteiger partial charge in [0.1, 0.15) is 0 Å². The van der Waals surface area contributed by atoms with Crippen LogP contribution in [0.5, 0.6) is 0 Å². The van der Waals surface area contributed by atoms with Crippen LogP contribution < -0.4 is 11.1 Å². The second-order valence-corrected chi connectivity index (χ2v) is 6.80. The monoisotopic (exact) mass is 288 g/mol. The van der Waals surface area contributed by atoms with E-state index in [1.54, 1.807) is 12.1 Å². The van der Waals surface area contributed by atoms with Gasteiger partial charge in [0.05, 0.1) is 23.2 Å². The topological polar surface area (TPSA) is 84.6 Å². The Labute approximate surface area is 123 Å². The van der Waals surface area contributed by atoms with E-state index >= 15 is 0 Å². The van der Waals surface area contributed by atoms with Crippen molar-refractivity contribution in [3.05, 3.63) is 24.3 Å². The predicted octanol–water partition coefficient (Wildman–Crippen LogP) is 1.67. The Kier molecular flexibility index (Phi) is 2.49. The summed E-state index contributed by atoms with van der Waals surface area (Å²) in [6.45, 7) is 0.00561. The first-order valence-corrected chi connectivity index (χ1v) is 7.51. The number of nitrogens with one attached hydrogen (secondary N) is 1. The van der Waals surface area contributed by atoms with E-state index in [1.165, 1.54) is 0 Å². The molecule has 0 atom stereocenters. The molecule has 112 valence electrons. The summed E-state index contributed by atoms with van der Waals surface area (Å²) < 4.78 is 6.15. The van der Waals surface area contributed by atoms with Gasteiger partial charge in [-0.05, 0) is 56.4 Å². The van der Waals surface area contributed by atoms with Crippen molar-refractivity contribution in [2.45, 2.75) is 43.3 Å². The summed E-state index contributed by atoms with van der Waals surface area (Å²) in [5.41, 5.74) is 5.82. The summed E-state index contributed by atoms with van der Waals surface area (Å²) in [5.74, 6) is 0.0218. The molecular formula is C16H20N2O3. The van der Waals surface area contributed by atoms with Gasteiger partial charge in [0.15, 0.2) is 0 Å². The molecule has 4 fully saturated rings. The molecule has 1 aromatic carbocycles. The highest BCUT2D eigenvalue weighted by Gasteiger charge is 2.78. The Bertz CT molecular complexity index is 586. The van der Waals surface area contributed by atoms with Crippen LogP contribution in [-0.2, 0) is 9.53 Å². The van der Waals surface area contributed by atoms with Gasteiger partial charge in [0, 0.05) is 11.4 Å². The molecule has 2 bridgehead atoms. The van der Waals surface area contributed by atoms with Gasteiger partial charge in [-0.3, -0.25) is 4.79 Å². The first kappa shape index (κ1) is 13.1. The number of hydrogen-bond donors (Lipinski definition) is 3. The van der Waals surface area contributed by atoms with Crippen molar-refractivity contribution in [2.75, 3.05) is 17.7 Å². The van der Waals surface area contributed by atoms with E-state index < -0.39 is 11.0 Å². The van der Waals surface area contributed by atoms with Crippen molar-refractivity contribution in [3.63, 3.8) is 0 Å². The molecule has 2 saturated heterocycles. The zero-order chi connectivity index (χ0) is 14.7. The Balaban J connectivity index is 1.58. The molecule has 0 aromatic heterocycles. The molecule has 4 aliphatic rings. The molecule has 2 saturated carbocycles. The number of aliphatic hydroxyl groups is 1. The van der Waals surface area contributed by atoms with Crippen LogP contribution in [0.4, 0.5) is 11.4 Å². The Morgan fingerprint density at radius 3 is 2.48 bits per heavy atom. The third-order valence-electron chi connectivity index (χ3n) is 5.58. The van der Waals surface area contributed by atoms with Gasteiger partial charge in [-0.1, -0.05) is 0 Å². The fraction of sp³-hybridized carbons (Fsp3) is 0.562. The Hall–Kier alpha value is -1.59. The molecule has 2 aliphatic carbocycles. The normalized spacial score (nSPS) is 35.1. The number of carbonyl (C=O) groups excluding carboxylic acids is 1. The van der Waals surface area contributed by atoms with Crippen molar-refractivity contribution in [2.24, 2.45) is 5.41 Å². The zero-order valence-corrected chi connectivity index (χ0v) is 11.9. The number of nitrogen functional groups attached to an aromatic ring is 1. The van der Waals surface area contributed by atoms with Gasteiger partial charge in [0.2, 0.25) is 5.91 Å². The lowest BCUT2D eigenvalue weighted by Gasteiger charge is -2.49. The van der Waals surface area contributed by atoms with E-state index in [9.17, 15) is 9.90 Å². The van der Waals surface area contributed by atoms with Crippen LogP contribution in [0.3, 0.4) is 0 Å². The molecule has 0 unspecified atom stereocenters. The van der Waals surface area contributed by atoms with E-state index in [0.717, 1.165) is 24.9 Å². The maximum atomic E-state index is 12.8. The summed E-state index contributed by atoms with van der Waals surface area (Å²) in [6, 6.07) is 7.17. The van der Waals surface area contributed by atoms with Crippen molar-refractivity contribution in [1.82, 2.24) is 0 Å². The van der Waals surface area contributed by atoms with E-state index in [2.05, 4.69) is 5.32 Å².